The number of rotatable bonds is 7. The van der Waals surface area contributed by atoms with Gasteiger partial charge in [-0.05, 0) is 66.8 Å². The molecule has 0 spiro atoms. The van der Waals surface area contributed by atoms with E-state index in [4.69, 9.17) is 0 Å². The van der Waals surface area contributed by atoms with Crippen LogP contribution in [0.5, 0.6) is 0 Å². The Hall–Kier alpha value is -1.84. The summed E-state index contributed by atoms with van der Waals surface area (Å²) in [5.74, 6) is 0.835. The SMILES string of the molecule is CCCCCCC1CCC(c2ccc(-c3ccc(C(F)(F)F)cc3)c(F)c2)CC1. The molecule has 0 aromatic heterocycles. The van der Waals surface area contributed by atoms with E-state index in [1.807, 2.05) is 6.07 Å². The van der Waals surface area contributed by atoms with E-state index in [2.05, 4.69) is 6.92 Å². The normalized spacial score (nSPS) is 20.0. The molecule has 0 amide bonds. The first-order chi connectivity index (χ1) is 13.9. The van der Waals surface area contributed by atoms with Gasteiger partial charge in [-0.25, -0.2) is 4.39 Å². The zero-order chi connectivity index (χ0) is 20.9. The molecule has 0 unspecified atom stereocenters. The van der Waals surface area contributed by atoms with E-state index in [-0.39, 0.29) is 5.82 Å². The van der Waals surface area contributed by atoms with Crippen molar-refractivity contribution in [3.8, 4) is 11.1 Å². The molecule has 1 saturated carbocycles. The Balaban J connectivity index is 1.60. The summed E-state index contributed by atoms with van der Waals surface area (Å²) in [4.78, 5) is 0. The van der Waals surface area contributed by atoms with Crippen molar-refractivity contribution in [1.82, 2.24) is 0 Å². The highest BCUT2D eigenvalue weighted by molar-refractivity contribution is 5.65. The molecule has 0 aliphatic heterocycles. The van der Waals surface area contributed by atoms with Crippen molar-refractivity contribution < 1.29 is 17.6 Å². The lowest BCUT2D eigenvalue weighted by Gasteiger charge is -2.29. The summed E-state index contributed by atoms with van der Waals surface area (Å²) in [6, 6.07) is 9.93. The van der Waals surface area contributed by atoms with Crippen molar-refractivity contribution in [1.29, 1.82) is 0 Å². The van der Waals surface area contributed by atoms with Gasteiger partial charge in [-0.3, -0.25) is 0 Å². The Morgan fingerprint density at radius 3 is 2.14 bits per heavy atom. The van der Waals surface area contributed by atoms with Crippen LogP contribution in [0.3, 0.4) is 0 Å². The van der Waals surface area contributed by atoms with E-state index in [9.17, 15) is 17.6 Å². The molecular formula is C25H30F4. The van der Waals surface area contributed by atoms with Crippen LogP contribution < -0.4 is 0 Å². The molecular weight excluding hydrogens is 376 g/mol. The minimum Gasteiger partial charge on any atom is -0.206 e. The van der Waals surface area contributed by atoms with Gasteiger partial charge in [0.15, 0.2) is 0 Å². The van der Waals surface area contributed by atoms with Gasteiger partial charge in [0, 0.05) is 5.56 Å². The molecule has 1 aliphatic rings. The summed E-state index contributed by atoms with van der Waals surface area (Å²) in [5, 5.41) is 0. The first-order valence-electron chi connectivity index (χ1n) is 10.9. The van der Waals surface area contributed by atoms with Gasteiger partial charge in [-0.15, -0.1) is 0 Å². The third-order valence-electron chi connectivity index (χ3n) is 6.30. The maximum absolute atomic E-state index is 14.7. The third-order valence-corrected chi connectivity index (χ3v) is 6.30. The quantitative estimate of drug-likeness (QED) is 0.318. The van der Waals surface area contributed by atoms with Gasteiger partial charge in [0.1, 0.15) is 5.82 Å². The largest absolute Gasteiger partial charge is 0.416 e. The van der Waals surface area contributed by atoms with E-state index in [0.717, 1.165) is 36.5 Å². The molecule has 0 atom stereocenters. The molecule has 1 aliphatic carbocycles. The highest BCUT2D eigenvalue weighted by Crippen LogP contribution is 2.39. The van der Waals surface area contributed by atoms with Crippen LogP contribution in [0, 0.1) is 11.7 Å². The molecule has 0 radical (unpaired) electrons. The van der Waals surface area contributed by atoms with Gasteiger partial charge in [-0.2, -0.15) is 13.2 Å². The van der Waals surface area contributed by atoms with Crippen LogP contribution in [0.2, 0.25) is 0 Å². The van der Waals surface area contributed by atoms with E-state index >= 15 is 0 Å². The molecule has 0 bridgehead atoms. The van der Waals surface area contributed by atoms with Crippen molar-refractivity contribution in [2.45, 2.75) is 76.8 Å². The van der Waals surface area contributed by atoms with Crippen LogP contribution in [0.1, 0.15) is 81.8 Å². The highest BCUT2D eigenvalue weighted by atomic mass is 19.4. The molecule has 4 heteroatoms. The number of alkyl halides is 3. The fourth-order valence-electron chi connectivity index (χ4n) is 4.50. The zero-order valence-corrected chi connectivity index (χ0v) is 17.1. The summed E-state index contributed by atoms with van der Waals surface area (Å²) in [5.41, 5.74) is 1.12. The third kappa shape index (κ3) is 5.83. The maximum Gasteiger partial charge on any atom is 0.416 e. The van der Waals surface area contributed by atoms with Gasteiger partial charge >= 0.3 is 6.18 Å². The average molecular weight is 407 g/mol. The summed E-state index contributed by atoms with van der Waals surface area (Å²) in [7, 11) is 0. The Morgan fingerprint density at radius 2 is 1.55 bits per heavy atom. The Labute approximate surface area is 171 Å². The van der Waals surface area contributed by atoms with E-state index < -0.39 is 11.7 Å². The molecule has 0 heterocycles. The molecule has 0 saturated heterocycles. The lowest BCUT2D eigenvalue weighted by atomic mass is 9.77. The van der Waals surface area contributed by atoms with E-state index in [1.54, 1.807) is 12.1 Å². The first kappa shape index (κ1) is 21.9. The number of hydrogen-bond donors (Lipinski definition) is 0. The summed E-state index contributed by atoms with van der Waals surface area (Å²) in [6.45, 7) is 2.23. The molecule has 1 fully saturated rings. The predicted octanol–water partition coefficient (Wildman–Crippen LogP) is 8.76. The topological polar surface area (TPSA) is 0 Å². The second kappa shape index (κ2) is 9.77. The smallest absolute Gasteiger partial charge is 0.206 e. The van der Waals surface area contributed by atoms with E-state index in [1.165, 1.54) is 57.1 Å². The fourth-order valence-corrected chi connectivity index (χ4v) is 4.50. The van der Waals surface area contributed by atoms with Gasteiger partial charge in [0.2, 0.25) is 0 Å². The van der Waals surface area contributed by atoms with Crippen LogP contribution >= 0.6 is 0 Å². The molecule has 158 valence electrons. The summed E-state index contributed by atoms with van der Waals surface area (Å²) in [6.07, 6.45) is 6.77. The van der Waals surface area contributed by atoms with Gasteiger partial charge in [-0.1, -0.05) is 63.3 Å². The van der Waals surface area contributed by atoms with Crippen LogP contribution in [0.25, 0.3) is 11.1 Å². The molecule has 0 N–H and O–H groups in total. The van der Waals surface area contributed by atoms with E-state index in [0.29, 0.717) is 17.0 Å². The van der Waals surface area contributed by atoms with Crippen molar-refractivity contribution in [2.24, 2.45) is 5.92 Å². The summed E-state index contributed by atoms with van der Waals surface area (Å²) >= 11 is 0. The average Bonchev–Trinajstić information content (AvgIpc) is 2.71. The van der Waals surface area contributed by atoms with Crippen molar-refractivity contribution in [3.63, 3.8) is 0 Å². The second-order valence-electron chi connectivity index (χ2n) is 8.38. The Bertz CT molecular complexity index is 768. The molecule has 0 nitrogen and oxygen atoms in total. The van der Waals surface area contributed by atoms with Gasteiger partial charge in [0.05, 0.1) is 5.56 Å². The van der Waals surface area contributed by atoms with Crippen LogP contribution in [-0.4, -0.2) is 0 Å². The van der Waals surface area contributed by atoms with Crippen LogP contribution in [0.15, 0.2) is 42.5 Å². The first-order valence-corrected chi connectivity index (χ1v) is 10.9. The lowest BCUT2D eigenvalue weighted by Crippen LogP contribution is -2.13. The highest BCUT2D eigenvalue weighted by Gasteiger charge is 2.30. The molecule has 29 heavy (non-hydrogen) atoms. The number of unbranched alkanes of at least 4 members (excludes halogenated alkanes) is 3. The Kier molecular flexibility index (Phi) is 7.37. The molecule has 2 aromatic rings. The van der Waals surface area contributed by atoms with Crippen molar-refractivity contribution in [2.75, 3.05) is 0 Å². The standard InChI is InChI=1S/C25H30F4/c1-2-3-4-5-6-18-7-9-19(10-8-18)21-13-16-23(24(26)17-21)20-11-14-22(15-12-20)25(27,28)29/h11-19H,2-10H2,1H3. The van der Waals surface area contributed by atoms with Crippen molar-refractivity contribution in [3.05, 3.63) is 59.4 Å². The van der Waals surface area contributed by atoms with Crippen LogP contribution in [-0.2, 0) is 6.18 Å². The van der Waals surface area contributed by atoms with Gasteiger partial charge in [0.25, 0.3) is 0 Å². The Morgan fingerprint density at radius 1 is 0.862 bits per heavy atom. The molecule has 2 aromatic carbocycles. The predicted molar refractivity (Wildman–Crippen MR) is 110 cm³/mol. The minimum absolute atomic E-state index is 0.354. The zero-order valence-electron chi connectivity index (χ0n) is 17.1. The van der Waals surface area contributed by atoms with Crippen LogP contribution in [0.4, 0.5) is 17.6 Å². The monoisotopic (exact) mass is 406 g/mol. The lowest BCUT2D eigenvalue weighted by molar-refractivity contribution is -0.137. The number of hydrogen-bond acceptors (Lipinski definition) is 0. The number of benzene rings is 2. The fraction of sp³-hybridized carbons (Fsp3) is 0.520. The summed E-state index contributed by atoms with van der Waals surface area (Å²) < 4.78 is 52.9. The second-order valence-corrected chi connectivity index (χ2v) is 8.38. The number of halogens is 4. The van der Waals surface area contributed by atoms with Gasteiger partial charge < -0.3 is 0 Å². The van der Waals surface area contributed by atoms with Crippen molar-refractivity contribution >= 4 is 0 Å². The maximum atomic E-state index is 14.7. The minimum atomic E-state index is -4.38. The molecule has 3 rings (SSSR count).